The molecule has 0 amide bonds. The summed E-state index contributed by atoms with van der Waals surface area (Å²) in [6.07, 6.45) is 2.61. The van der Waals surface area contributed by atoms with Crippen molar-refractivity contribution in [1.82, 2.24) is 9.62 Å². The molecule has 1 aromatic rings. The highest BCUT2D eigenvalue weighted by molar-refractivity contribution is 7.89. The summed E-state index contributed by atoms with van der Waals surface area (Å²) in [5.41, 5.74) is 0. The topological polar surface area (TPSA) is 49.4 Å². The zero-order valence-corrected chi connectivity index (χ0v) is 12.5. The second-order valence-corrected chi connectivity index (χ2v) is 6.96. The predicted octanol–water partition coefficient (Wildman–Crippen LogP) is 1.98. The summed E-state index contributed by atoms with van der Waals surface area (Å²) in [4.78, 5) is 0.165. The van der Waals surface area contributed by atoms with Gasteiger partial charge in [-0.1, -0.05) is 6.92 Å². The van der Waals surface area contributed by atoms with Gasteiger partial charge in [-0.15, -0.1) is 0 Å². The zero-order valence-electron chi connectivity index (χ0n) is 11.7. The molecule has 1 unspecified atom stereocenters. The largest absolute Gasteiger partial charge is 0.315 e. The van der Waals surface area contributed by atoms with Crippen LogP contribution in [0, 0.1) is 5.82 Å². The molecule has 1 heterocycles. The summed E-state index contributed by atoms with van der Waals surface area (Å²) in [5, 5.41) is 3.24. The van der Waals surface area contributed by atoms with Gasteiger partial charge in [-0.3, -0.25) is 0 Å². The Morgan fingerprint density at radius 1 is 1.35 bits per heavy atom. The fraction of sp³-hybridized carbons (Fsp3) is 0.571. The minimum absolute atomic E-state index is 0.0150. The van der Waals surface area contributed by atoms with Gasteiger partial charge in [0.25, 0.3) is 0 Å². The van der Waals surface area contributed by atoms with Crippen molar-refractivity contribution in [2.24, 2.45) is 0 Å². The van der Waals surface area contributed by atoms with Crippen LogP contribution in [0.4, 0.5) is 4.39 Å². The first-order valence-electron chi connectivity index (χ1n) is 7.04. The molecule has 1 aliphatic heterocycles. The van der Waals surface area contributed by atoms with Crippen LogP contribution >= 0.6 is 0 Å². The Bertz CT molecular complexity index is 525. The highest BCUT2D eigenvalue weighted by atomic mass is 32.2. The van der Waals surface area contributed by atoms with Crippen LogP contribution in [0.15, 0.2) is 29.2 Å². The van der Waals surface area contributed by atoms with Crippen LogP contribution in [0.1, 0.15) is 26.2 Å². The fourth-order valence-corrected chi connectivity index (χ4v) is 4.29. The van der Waals surface area contributed by atoms with Crippen molar-refractivity contribution in [2.45, 2.75) is 37.1 Å². The van der Waals surface area contributed by atoms with Gasteiger partial charge in [-0.2, -0.15) is 4.31 Å². The summed E-state index contributed by atoms with van der Waals surface area (Å²) < 4.78 is 39.9. The number of nitrogens with one attached hydrogen (secondary N) is 1. The lowest BCUT2D eigenvalue weighted by Crippen LogP contribution is -2.48. The van der Waals surface area contributed by atoms with Crippen molar-refractivity contribution in [2.75, 3.05) is 19.6 Å². The second kappa shape index (κ2) is 6.65. The molecule has 0 spiro atoms. The first-order chi connectivity index (χ1) is 9.55. The zero-order chi connectivity index (χ0) is 14.6. The van der Waals surface area contributed by atoms with E-state index in [9.17, 15) is 12.8 Å². The van der Waals surface area contributed by atoms with Crippen molar-refractivity contribution in [1.29, 1.82) is 0 Å². The molecular weight excluding hydrogens is 279 g/mol. The molecule has 112 valence electrons. The fourth-order valence-electron chi connectivity index (χ4n) is 2.54. The average Bonchev–Trinajstić information content (AvgIpc) is 2.46. The maximum Gasteiger partial charge on any atom is 0.243 e. The normalized spacial score (nSPS) is 20.2. The van der Waals surface area contributed by atoms with Gasteiger partial charge in [0.2, 0.25) is 10.0 Å². The monoisotopic (exact) mass is 300 g/mol. The smallest absolute Gasteiger partial charge is 0.243 e. The van der Waals surface area contributed by atoms with Gasteiger partial charge in [0.1, 0.15) is 5.82 Å². The van der Waals surface area contributed by atoms with Crippen molar-refractivity contribution in [3.05, 3.63) is 30.1 Å². The lowest BCUT2D eigenvalue weighted by molar-refractivity contribution is 0.266. The lowest BCUT2D eigenvalue weighted by atomic mass is 10.1. The molecule has 20 heavy (non-hydrogen) atoms. The standard InChI is InChI=1S/C14H21FN2O2S/c1-2-10-17(13-4-3-9-16-11-13)20(18,19)14-7-5-12(15)6-8-14/h5-8,13,16H,2-4,9-11H2,1H3. The van der Waals surface area contributed by atoms with Crippen LogP contribution in [0.25, 0.3) is 0 Å². The Balaban J connectivity index is 2.28. The third-order valence-corrected chi connectivity index (χ3v) is 5.51. The van der Waals surface area contributed by atoms with Crippen LogP contribution in [0.3, 0.4) is 0 Å². The van der Waals surface area contributed by atoms with Crippen LogP contribution < -0.4 is 5.32 Å². The van der Waals surface area contributed by atoms with Crippen LogP contribution in [0.2, 0.25) is 0 Å². The molecule has 0 bridgehead atoms. The molecule has 6 heteroatoms. The molecule has 1 N–H and O–H groups in total. The molecule has 1 atom stereocenters. The summed E-state index contributed by atoms with van der Waals surface area (Å²) >= 11 is 0. The molecule has 1 aromatic carbocycles. The van der Waals surface area contributed by atoms with Gasteiger partial charge >= 0.3 is 0 Å². The maximum absolute atomic E-state index is 13.0. The van der Waals surface area contributed by atoms with E-state index in [1.807, 2.05) is 6.92 Å². The third-order valence-electron chi connectivity index (χ3n) is 3.54. The second-order valence-electron chi connectivity index (χ2n) is 5.07. The van der Waals surface area contributed by atoms with Crippen LogP contribution in [-0.4, -0.2) is 38.4 Å². The Morgan fingerprint density at radius 3 is 2.60 bits per heavy atom. The Labute approximate surface area is 120 Å². The van der Waals surface area contributed by atoms with E-state index >= 15 is 0 Å². The first-order valence-corrected chi connectivity index (χ1v) is 8.48. The van der Waals surface area contributed by atoms with Crippen molar-refractivity contribution in [3.63, 3.8) is 0 Å². The van der Waals surface area contributed by atoms with Gasteiger partial charge < -0.3 is 5.32 Å². The summed E-state index contributed by atoms with van der Waals surface area (Å²) in [6.45, 7) is 4.07. The van der Waals surface area contributed by atoms with E-state index in [1.165, 1.54) is 24.3 Å². The van der Waals surface area contributed by atoms with E-state index in [-0.39, 0.29) is 10.9 Å². The molecular formula is C14H21FN2O2S. The van der Waals surface area contributed by atoms with Gasteiger partial charge in [-0.05, 0) is 50.1 Å². The molecule has 2 rings (SSSR count). The van der Waals surface area contributed by atoms with E-state index in [1.54, 1.807) is 4.31 Å². The van der Waals surface area contributed by atoms with Crippen molar-refractivity contribution in [3.8, 4) is 0 Å². The lowest BCUT2D eigenvalue weighted by Gasteiger charge is -2.33. The number of nitrogens with zero attached hydrogens (tertiary/aromatic N) is 1. The van der Waals surface area contributed by atoms with E-state index in [4.69, 9.17) is 0 Å². The van der Waals surface area contributed by atoms with Crippen LogP contribution in [0.5, 0.6) is 0 Å². The Morgan fingerprint density at radius 2 is 2.05 bits per heavy atom. The Kier molecular flexibility index (Phi) is 5.12. The summed E-state index contributed by atoms with van der Waals surface area (Å²) in [5.74, 6) is -0.426. The molecule has 0 aromatic heterocycles. The molecule has 0 aliphatic carbocycles. The molecule has 0 saturated carbocycles. The number of piperidine rings is 1. The Hall–Kier alpha value is -0.980. The van der Waals surface area contributed by atoms with Crippen molar-refractivity contribution >= 4 is 10.0 Å². The molecule has 1 fully saturated rings. The number of benzene rings is 1. The van der Waals surface area contributed by atoms with E-state index in [2.05, 4.69) is 5.32 Å². The molecule has 0 radical (unpaired) electrons. The third kappa shape index (κ3) is 3.37. The SMILES string of the molecule is CCCN(C1CCCNC1)S(=O)(=O)c1ccc(F)cc1. The van der Waals surface area contributed by atoms with Gasteiger partial charge in [0.05, 0.1) is 4.90 Å². The van der Waals surface area contributed by atoms with Crippen LogP contribution in [-0.2, 0) is 10.0 Å². The van der Waals surface area contributed by atoms with Crippen molar-refractivity contribution < 1.29 is 12.8 Å². The first kappa shape index (κ1) is 15.4. The average molecular weight is 300 g/mol. The number of hydrogen-bond acceptors (Lipinski definition) is 3. The minimum atomic E-state index is -3.55. The highest BCUT2D eigenvalue weighted by Gasteiger charge is 2.31. The van der Waals surface area contributed by atoms with E-state index in [0.717, 1.165) is 25.8 Å². The van der Waals surface area contributed by atoms with E-state index < -0.39 is 15.8 Å². The number of rotatable bonds is 5. The number of halogens is 1. The number of hydrogen-bond donors (Lipinski definition) is 1. The minimum Gasteiger partial charge on any atom is -0.315 e. The molecule has 1 aliphatic rings. The maximum atomic E-state index is 13.0. The van der Waals surface area contributed by atoms with Gasteiger partial charge in [0, 0.05) is 19.1 Å². The van der Waals surface area contributed by atoms with Gasteiger partial charge in [-0.25, -0.2) is 12.8 Å². The quantitative estimate of drug-likeness (QED) is 0.904. The number of sulfonamides is 1. The summed E-state index contributed by atoms with van der Waals surface area (Å²) in [7, 11) is -3.55. The predicted molar refractivity (Wildman–Crippen MR) is 76.5 cm³/mol. The molecule has 4 nitrogen and oxygen atoms in total. The van der Waals surface area contributed by atoms with Gasteiger partial charge in [0.15, 0.2) is 0 Å². The van der Waals surface area contributed by atoms with E-state index in [0.29, 0.717) is 13.1 Å². The highest BCUT2D eigenvalue weighted by Crippen LogP contribution is 2.22. The molecule has 1 saturated heterocycles. The summed E-state index contributed by atoms with van der Waals surface area (Å²) in [6, 6.07) is 5.04.